The van der Waals surface area contributed by atoms with Crippen LogP contribution < -0.4 is 9.92 Å². The molecule has 0 bridgehead atoms. The summed E-state index contributed by atoms with van der Waals surface area (Å²) in [6.07, 6.45) is 0.273. The van der Waals surface area contributed by atoms with Crippen LogP contribution in [0.1, 0.15) is 11.1 Å². The lowest BCUT2D eigenvalue weighted by molar-refractivity contribution is -0.138. The Morgan fingerprint density at radius 3 is 2.07 bits per heavy atom. The number of carboxylic acid groups (broad SMARTS) is 1. The first-order valence-electron chi connectivity index (χ1n) is 9.00. The molecule has 4 N–H and O–H groups in total. The maximum absolute atomic E-state index is 11.9. The average molecular weight is 429 g/mol. The molecule has 3 aromatic carbocycles. The Hall–Kier alpha value is -3.36. The van der Waals surface area contributed by atoms with E-state index in [0.29, 0.717) is 5.75 Å². The van der Waals surface area contributed by atoms with Crippen molar-refractivity contribution < 1.29 is 27.6 Å². The van der Waals surface area contributed by atoms with E-state index in [1.807, 2.05) is 6.92 Å². The summed E-state index contributed by atoms with van der Waals surface area (Å²) in [7, 11) is -3.73. The second-order valence-electron chi connectivity index (χ2n) is 6.48. The fourth-order valence-electron chi connectivity index (χ4n) is 2.33. The molecule has 0 saturated carbocycles. The summed E-state index contributed by atoms with van der Waals surface area (Å²) in [5.74, 6) is -0.547. The van der Waals surface area contributed by atoms with Gasteiger partial charge in [0.25, 0.3) is 0 Å². The van der Waals surface area contributed by atoms with Crippen molar-refractivity contribution in [3.05, 3.63) is 90.0 Å². The first kappa shape index (κ1) is 22.9. The van der Waals surface area contributed by atoms with Crippen LogP contribution in [-0.4, -0.2) is 30.6 Å². The lowest BCUT2D eigenvalue weighted by Gasteiger charge is -2.06. The van der Waals surface area contributed by atoms with Crippen molar-refractivity contribution in [1.29, 1.82) is 0 Å². The fourth-order valence-corrected chi connectivity index (χ4v) is 3.26. The molecule has 0 aliphatic carbocycles. The summed E-state index contributed by atoms with van der Waals surface area (Å²) in [5.41, 5.74) is 7.13. The van der Waals surface area contributed by atoms with E-state index < -0.39 is 22.1 Å². The number of aliphatic carboxylic acids is 1. The molecule has 0 spiro atoms. The summed E-state index contributed by atoms with van der Waals surface area (Å²) >= 11 is 0. The number of benzene rings is 3. The van der Waals surface area contributed by atoms with Crippen LogP contribution in [-0.2, 0) is 21.3 Å². The molecular weight excluding hydrogens is 406 g/mol. The van der Waals surface area contributed by atoms with Crippen LogP contribution in [0, 0.1) is 6.92 Å². The van der Waals surface area contributed by atoms with Crippen LogP contribution in [0.2, 0.25) is 0 Å². The van der Waals surface area contributed by atoms with Crippen LogP contribution in [0.4, 0.5) is 0 Å². The number of aromatic hydroxyl groups is 1. The number of rotatable bonds is 6. The highest BCUT2D eigenvalue weighted by Gasteiger charge is 2.15. The van der Waals surface area contributed by atoms with Gasteiger partial charge in [0.15, 0.2) is 0 Å². The third kappa shape index (κ3) is 7.23. The second kappa shape index (κ2) is 10.4. The van der Waals surface area contributed by atoms with E-state index in [-0.39, 0.29) is 17.1 Å². The van der Waals surface area contributed by atoms with Gasteiger partial charge in [0, 0.05) is 0 Å². The lowest BCUT2D eigenvalue weighted by atomic mass is 10.1. The smallest absolute Gasteiger partial charge is 0.339 e. The zero-order valence-electron chi connectivity index (χ0n) is 16.3. The van der Waals surface area contributed by atoms with Crippen molar-refractivity contribution in [2.24, 2.45) is 5.73 Å². The van der Waals surface area contributed by atoms with Crippen molar-refractivity contribution in [2.45, 2.75) is 24.3 Å². The molecule has 8 heteroatoms. The van der Waals surface area contributed by atoms with Gasteiger partial charge in [-0.2, -0.15) is 8.42 Å². The molecule has 1 atom stereocenters. The van der Waals surface area contributed by atoms with Gasteiger partial charge in [-0.3, -0.25) is 4.79 Å². The predicted octanol–water partition coefficient (Wildman–Crippen LogP) is 3.11. The Morgan fingerprint density at radius 2 is 1.53 bits per heavy atom. The van der Waals surface area contributed by atoms with Crippen LogP contribution in [0.3, 0.4) is 0 Å². The number of hydrogen-bond donors (Lipinski definition) is 3. The van der Waals surface area contributed by atoms with Crippen molar-refractivity contribution in [3.8, 4) is 11.5 Å². The number of aryl methyl sites for hydroxylation is 1. The molecule has 0 saturated heterocycles. The predicted molar refractivity (Wildman–Crippen MR) is 113 cm³/mol. The molecule has 7 nitrogen and oxygen atoms in total. The Balaban J connectivity index is 0.000000222. The second-order valence-corrected chi connectivity index (χ2v) is 8.03. The molecule has 0 aromatic heterocycles. The Morgan fingerprint density at radius 1 is 0.967 bits per heavy atom. The zero-order valence-corrected chi connectivity index (χ0v) is 17.1. The number of para-hydroxylation sites is 1. The highest BCUT2D eigenvalue weighted by atomic mass is 32.2. The van der Waals surface area contributed by atoms with Gasteiger partial charge in [-0.05, 0) is 55.3 Å². The molecule has 0 radical (unpaired) electrons. The molecule has 3 aromatic rings. The quantitative estimate of drug-likeness (QED) is 0.514. The average Bonchev–Trinajstić information content (AvgIpc) is 2.71. The number of phenolic OH excluding ortho intramolecular Hbond substituents is 1. The summed E-state index contributed by atoms with van der Waals surface area (Å²) in [5, 5.41) is 17.5. The lowest BCUT2D eigenvalue weighted by Crippen LogP contribution is -2.32. The highest BCUT2D eigenvalue weighted by Crippen LogP contribution is 2.18. The van der Waals surface area contributed by atoms with Crippen molar-refractivity contribution >= 4 is 16.1 Å². The Bertz CT molecular complexity index is 1050. The summed E-state index contributed by atoms with van der Waals surface area (Å²) in [6.45, 7) is 1.90. The molecule has 0 amide bonds. The minimum atomic E-state index is -3.73. The van der Waals surface area contributed by atoms with Crippen molar-refractivity contribution in [1.82, 2.24) is 0 Å². The number of phenols is 1. The van der Waals surface area contributed by atoms with Crippen molar-refractivity contribution in [2.75, 3.05) is 0 Å². The molecule has 0 heterocycles. The Labute approximate surface area is 175 Å². The first-order valence-corrected chi connectivity index (χ1v) is 10.4. The topological polar surface area (TPSA) is 127 Å². The molecule has 3 rings (SSSR count). The standard InChI is InChI=1S/C13H12O3S.C9H11NO3/c1-11-7-9-13(10-8-11)17(14,15)16-12-5-3-2-4-6-12;10-8(9(12)13)5-6-1-3-7(11)4-2-6/h2-10H,1H3;1-4,8,11H,5,10H2,(H,12,13)/t;8-/m.0/s1. The fraction of sp³-hybridized carbons (Fsp3) is 0.136. The molecule has 0 aliphatic heterocycles. The van der Waals surface area contributed by atoms with Gasteiger partial charge in [-0.1, -0.05) is 48.0 Å². The molecule has 30 heavy (non-hydrogen) atoms. The maximum Gasteiger partial charge on any atom is 0.339 e. The van der Waals surface area contributed by atoms with E-state index in [2.05, 4.69) is 0 Å². The van der Waals surface area contributed by atoms with E-state index in [1.165, 1.54) is 24.3 Å². The van der Waals surface area contributed by atoms with Crippen LogP contribution in [0.15, 0.2) is 83.8 Å². The van der Waals surface area contributed by atoms with Gasteiger partial charge in [0.1, 0.15) is 22.4 Å². The van der Waals surface area contributed by atoms with Crippen LogP contribution in [0.5, 0.6) is 11.5 Å². The SMILES string of the molecule is Cc1ccc(S(=O)(=O)Oc2ccccc2)cc1.N[C@@H](Cc1ccc(O)cc1)C(=O)O. The van der Waals surface area contributed by atoms with Crippen LogP contribution >= 0.6 is 0 Å². The minimum absolute atomic E-state index is 0.159. The molecule has 0 fully saturated rings. The molecule has 0 aliphatic rings. The zero-order chi connectivity index (χ0) is 22.1. The monoisotopic (exact) mass is 429 g/mol. The van der Waals surface area contributed by atoms with Gasteiger partial charge in [-0.25, -0.2) is 0 Å². The van der Waals surface area contributed by atoms with Gasteiger partial charge < -0.3 is 20.1 Å². The third-order valence-corrected chi connectivity index (χ3v) is 5.23. The summed E-state index contributed by atoms with van der Waals surface area (Å²) < 4.78 is 28.8. The van der Waals surface area contributed by atoms with Gasteiger partial charge in [0.05, 0.1) is 0 Å². The highest BCUT2D eigenvalue weighted by molar-refractivity contribution is 7.87. The number of carboxylic acids is 1. The maximum atomic E-state index is 11.9. The van der Waals surface area contributed by atoms with Gasteiger partial charge >= 0.3 is 16.1 Å². The Kier molecular flexibility index (Phi) is 7.97. The van der Waals surface area contributed by atoms with E-state index in [1.54, 1.807) is 54.6 Å². The normalized spacial score (nSPS) is 11.7. The van der Waals surface area contributed by atoms with E-state index in [4.69, 9.17) is 20.1 Å². The van der Waals surface area contributed by atoms with Gasteiger partial charge in [-0.15, -0.1) is 0 Å². The number of hydrogen-bond acceptors (Lipinski definition) is 6. The van der Waals surface area contributed by atoms with E-state index >= 15 is 0 Å². The van der Waals surface area contributed by atoms with Crippen molar-refractivity contribution in [3.63, 3.8) is 0 Å². The molecule has 0 unspecified atom stereocenters. The summed E-state index contributed by atoms with van der Waals surface area (Å²) in [4.78, 5) is 10.6. The number of nitrogens with two attached hydrogens (primary N) is 1. The largest absolute Gasteiger partial charge is 0.508 e. The minimum Gasteiger partial charge on any atom is -0.508 e. The molecular formula is C22H23NO6S. The molecule has 158 valence electrons. The van der Waals surface area contributed by atoms with Crippen LogP contribution in [0.25, 0.3) is 0 Å². The summed E-state index contributed by atoms with van der Waals surface area (Å²) in [6, 6.07) is 20.4. The third-order valence-electron chi connectivity index (χ3n) is 3.97. The first-order chi connectivity index (χ1) is 14.2. The number of carbonyl (C=O) groups is 1. The van der Waals surface area contributed by atoms with E-state index in [9.17, 15) is 13.2 Å². The van der Waals surface area contributed by atoms with Gasteiger partial charge in [0.2, 0.25) is 0 Å². The van der Waals surface area contributed by atoms with E-state index in [0.717, 1.165) is 11.1 Å².